The summed E-state index contributed by atoms with van der Waals surface area (Å²) in [6.07, 6.45) is 7.15. The van der Waals surface area contributed by atoms with Crippen molar-refractivity contribution in [3.8, 4) is 0 Å². The van der Waals surface area contributed by atoms with Crippen LogP contribution in [0.5, 0.6) is 0 Å². The summed E-state index contributed by atoms with van der Waals surface area (Å²) < 4.78 is 17.2. The number of ether oxygens (including phenoxy) is 2. The number of nitrogens with zero attached hydrogens (tertiary/aromatic N) is 3. The Bertz CT molecular complexity index is 582. The summed E-state index contributed by atoms with van der Waals surface area (Å²) in [4.78, 5) is 7.05. The van der Waals surface area contributed by atoms with Gasteiger partial charge in [0.05, 0.1) is 24.5 Å². The van der Waals surface area contributed by atoms with E-state index in [1.807, 2.05) is 6.07 Å². The van der Waals surface area contributed by atoms with Crippen molar-refractivity contribution in [1.82, 2.24) is 15.4 Å². The molecule has 28 heavy (non-hydrogen) atoms. The summed E-state index contributed by atoms with van der Waals surface area (Å²) in [6.45, 7) is 9.08. The van der Waals surface area contributed by atoms with Gasteiger partial charge in [-0.1, -0.05) is 12.1 Å². The molecule has 1 aromatic heterocycles. The van der Waals surface area contributed by atoms with Gasteiger partial charge in [0.2, 0.25) is 0 Å². The third kappa shape index (κ3) is 7.18. The maximum atomic E-state index is 6.12. The van der Waals surface area contributed by atoms with Crippen LogP contribution in [-0.2, 0) is 22.4 Å². The van der Waals surface area contributed by atoms with E-state index >= 15 is 0 Å². The number of hydrogen-bond donors (Lipinski definition) is 1. The van der Waals surface area contributed by atoms with Crippen molar-refractivity contribution in [2.75, 3.05) is 32.8 Å². The molecule has 160 valence electrons. The minimum absolute atomic E-state index is 0. The monoisotopic (exact) mass is 506 g/mol. The molecule has 0 bridgehead atoms. The van der Waals surface area contributed by atoms with Gasteiger partial charge in [-0.2, -0.15) is 0 Å². The van der Waals surface area contributed by atoms with Gasteiger partial charge in [0.1, 0.15) is 6.54 Å². The predicted molar refractivity (Wildman–Crippen MR) is 120 cm³/mol. The number of likely N-dealkylation sites (tertiary alicyclic amines) is 1. The van der Waals surface area contributed by atoms with E-state index in [-0.39, 0.29) is 24.0 Å². The van der Waals surface area contributed by atoms with Crippen LogP contribution in [0.3, 0.4) is 0 Å². The number of halogens is 1. The molecule has 2 aliphatic rings. The molecular formula is C20H35IN4O3. The Balaban J connectivity index is 0.00000280. The Morgan fingerprint density at radius 2 is 2.11 bits per heavy atom. The largest absolute Gasteiger partial charge is 0.376 e. The van der Waals surface area contributed by atoms with Crippen LogP contribution < -0.4 is 5.32 Å². The first-order valence-electron chi connectivity index (χ1n) is 10.5. The van der Waals surface area contributed by atoms with Gasteiger partial charge in [-0.3, -0.25) is 0 Å². The van der Waals surface area contributed by atoms with Crippen molar-refractivity contribution in [2.24, 2.45) is 4.99 Å². The number of rotatable bonds is 7. The second kappa shape index (κ2) is 12.6. The topological polar surface area (TPSA) is 72.1 Å². The fourth-order valence-electron chi connectivity index (χ4n) is 3.59. The van der Waals surface area contributed by atoms with Crippen LogP contribution in [0.15, 0.2) is 15.6 Å². The van der Waals surface area contributed by atoms with E-state index in [0.717, 1.165) is 75.9 Å². The van der Waals surface area contributed by atoms with Gasteiger partial charge >= 0.3 is 0 Å². The van der Waals surface area contributed by atoms with E-state index < -0.39 is 0 Å². The van der Waals surface area contributed by atoms with Gasteiger partial charge in [0, 0.05) is 32.3 Å². The Labute approximate surface area is 185 Å². The molecule has 0 spiro atoms. The van der Waals surface area contributed by atoms with E-state index in [0.29, 0.717) is 18.8 Å². The van der Waals surface area contributed by atoms with Crippen molar-refractivity contribution in [2.45, 2.75) is 71.1 Å². The molecule has 1 aromatic rings. The molecule has 2 aliphatic heterocycles. The van der Waals surface area contributed by atoms with E-state index in [9.17, 15) is 0 Å². The lowest BCUT2D eigenvalue weighted by Crippen LogP contribution is -2.47. The minimum Gasteiger partial charge on any atom is -0.376 e. The second-order valence-corrected chi connectivity index (χ2v) is 7.32. The number of aromatic nitrogens is 1. The van der Waals surface area contributed by atoms with Crippen LogP contribution in [0.2, 0.25) is 0 Å². The Kier molecular flexibility index (Phi) is 10.6. The molecule has 1 unspecified atom stereocenters. The SMILES string of the molecule is CCNC(=NCc1cc(CC)no1)N1CCC(OCC2CCCCO2)CC1.I. The van der Waals surface area contributed by atoms with Gasteiger partial charge < -0.3 is 24.2 Å². The maximum absolute atomic E-state index is 6.12. The number of aliphatic imine (C=N–C) groups is 1. The fourth-order valence-corrected chi connectivity index (χ4v) is 3.59. The molecule has 8 heteroatoms. The van der Waals surface area contributed by atoms with E-state index in [4.69, 9.17) is 19.0 Å². The number of nitrogens with one attached hydrogen (secondary N) is 1. The van der Waals surface area contributed by atoms with E-state index in [2.05, 4.69) is 29.2 Å². The molecule has 3 heterocycles. The number of piperidine rings is 1. The highest BCUT2D eigenvalue weighted by Gasteiger charge is 2.23. The molecule has 0 saturated carbocycles. The van der Waals surface area contributed by atoms with Crippen molar-refractivity contribution in [3.63, 3.8) is 0 Å². The van der Waals surface area contributed by atoms with E-state index in [1.54, 1.807) is 0 Å². The van der Waals surface area contributed by atoms with Crippen LogP contribution >= 0.6 is 24.0 Å². The van der Waals surface area contributed by atoms with Crippen LogP contribution in [-0.4, -0.2) is 61.1 Å². The third-order valence-electron chi connectivity index (χ3n) is 5.22. The zero-order chi connectivity index (χ0) is 18.9. The van der Waals surface area contributed by atoms with Crippen LogP contribution in [0.1, 0.15) is 57.4 Å². The van der Waals surface area contributed by atoms with Crippen molar-refractivity contribution in [3.05, 3.63) is 17.5 Å². The van der Waals surface area contributed by atoms with Crippen molar-refractivity contribution in [1.29, 1.82) is 0 Å². The fraction of sp³-hybridized carbons (Fsp3) is 0.800. The summed E-state index contributed by atoms with van der Waals surface area (Å²) in [5.41, 5.74) is 0.977. The van der Waals surface area contributed by atoms with Crippen LogP contribution in [0.25, 0.3) is 0 Å². The summed E-state index contributed by atoms with van der Waals surface area (Å²) >= 11 is 0. The summed E-state index contributed by atoms with van der Waals surface area (Å²) in [6, 6.07) is 1.99. The smallest absolute Gasteiger partial charge is 0.194 e. The number of aryl methyl sites for hydroxylation is 1. The van der Waals surface area contributed by atoms with Crippen molar-refractivity contribution >= 4 is 29.9 Å². The molecule has 0 radical (unpaired) electrons. The van der Waals surface area contributed by atoms with Gasteiger partial charge in [-0.15, -0.1) is 24.0 Å². The molecule has 0 aromatic carbocycles. The maximum Gasteiger partial charge on any atom is 0.194 e. The molecule has 0 amide bonds. The molecule has 3 rings (SSSR count). The normalized spacial score (nSPS) is 21.4. The highest BCUT2D eigenvalue weighted by molar-refractivity contribution is 14.0. The average Bonchev–Trinajstić information content (AvgIpc) is 3.19. The lowest BCUT2D eigenvalue weighted by atomic mass is 10.1. The summed E-state index contributed by atoms with van der Waals surface area (Å²) in [7, 11) is 0. The molecule has 1 N–H and O–H groups in total. The van der Waals surface area contributed by atoms with Crippen LogP contribution in [0, 0.1) is 0 Å². The first-order valence-corrected chi connectivity index (χ1v) is 10.5. The molecule has 2 fully saturated rings. The first kappa shape index (κ1) is 23.4. The highest BCUT2D eigenvalue weighted by atomic mass is 127. The highest BCUT2D eigenvalue weighted by Crippen LogP contribution is 2.18. The minimum atomic E-state index is 0. The Morgan fingerprint density at radius 3 is 2.75 bits per heavy atom. The van der Waals surface area contributed by atoms with Gasteiger partial charge in [-0.05, 0) is 45.4 Å². The van der Waals surface area contributed by atoms with Crippen LogP contribution in [0.4, 0.5) is 0 Å². The standard InChI is InChI=1S/C20H34N4O3.HI/c1-3-16-13-19(27-23-16)14-22-20(21-4-2)24-10-8-17(9-11-24)26-15-18-7-5-6-12-25-18;/h13,17-18H,3-12,14-15H2,1-2H3,(H,21,22);1H. The quantitative estimate of drug-likeness (QED) is 0.348. The van der Waals surface area contributed by atoms with Gasteiger partial charge in [-0.25, -0.2) is 4.99 Å². The predicted octanol–water partition coefficient (Wildman–Crippen LogP) is 3.37. The lowest BCUT2D eigenvalue weighted by Gasteiger charge is -2.35. The van der Waals surface area contributed by atoms with E-state index in [1.165, 1.54) is 12.8 Å². The molecule has 2 saturated heterocycles. The summed E-state index contributed by atoms with van der Waals surface area (Å²) in [5.74, 6) is 1.76. The van der Waals surface area contributed by atoms with Crippen molar-refractivity contribution < 1.29 is 14.0 Å². The zero-order valence-corrected chi connectivity index (χ0v) is 19.5. The summed E-state index contributed by atoms with van der Waals surface area (Å²) in [5, 5.41) is 7.43. The second-order valence-electron chi connectivity index (χ2n) is 7.32. The molecular weight excluding hydrogens is 471 g/mol. The average molecular weight is 506 g/mol. The molecule has 0 aliphatic carbocycles. The Hall–Kier alpha value is -0.870. The molecule has 7 nitrogen and oxygen atoms in total. The number of guanidine groups is 1. The lowest BCUT2D eigenvalue weighted by molar-refractivity contribution is -0.0721. The first-order chi connectivity index (χ1) is 13.3. The molecule has 1 atom stereocenters. The van der Waals surface area contributed by atoms with Gasteiger partial charge in [0.25, 0.3) is 0 Å². The van der Waals surface area contributed by atoms with Gasteiger partial charge in [0.15, 0.2) is 11.7 Å². The third-order valence-corrected chi connectivity index (χ3v) is 5.22. The zero-order valence-electron chi connectivity index (χ0n) is 17.2. The Morgan fingerprint density at radius 1 is 1.29 bits per heavy atom. The number of hydrogen-bond acceptors (Lipinski definition) is 5.